The van der Waals surface area contributed by atoms with E-state index in [0.29, 0.717) is 10.3 Å². The predicted molar refractivity (Wildman–Crippen MR) is 71.9 cm³/mol. The van der Waals surface area contributed by atoms with Crippen molar-refractivity contribution in [2.45, 2.75) is 13.0 Å². The van der Waals surface area contributed by atoms with E-state index in [9.17, 15) is 4.39 Å². The lowest BCUT2D eigenvalue weighted by Gasteiger charge is -2.13. The Morgan fingerprint density at radius 2 is 2.21 bits per heavy atom. The lowest BCUT2D eigenvalue weighted by atomic mass is 10.2. The Labute approximate surface area is 113 Å². The number of aromatic amines is 1. The van der Waals surface area contributed by atoms with E-state index in [2.05, 4.69) is 15.2 Å². The van der Waals surface area contributed by atoms with Crippen molar-refractivity contribution in [2.24, 2.45) is 7.05 Å². The Hall–Kier alpha value is -2.02. The first-order valence-electron chi connectivity index (χ1n) is 5.81. The highest BCUT2D eigenvalue weighted by Crippen LogP contribution is 2.23. The summed E-state index contributed by atoms with van der Waals surface area (Å²) in [4.78, 5) is 3.01. The number of aryl methyl sites for hydroxylation is 1. The highest BCUT2D eigenvalue weighted by Gasteiger charge is 2.17. The SMILES string of the molecule is CC(c1nncn1C)n1c(=S)[nH]c2cc(F)ccc21. The van der Waals surface area contributed by atoms with Gasteiger partial charge in [0.1, 0.15) is 12.1 Å². The van der Waals surface area contributed by atoms with Gasteiger partial charge in [-0.1, -0.05) is 0 Å². The summed E-state index contributed by atoms with van der Waals surface area (Å²) in [6.45, 7) is 1.98. The van der Waals surface area contributed by atoms with Crippen molar-refractivity contribution in [3.8, 4) is 0 Å². The topological polar surface area (TPSA) is 51.4 Å². The fraction of sp³-hybridized carbons (Fsp3) is 0.250. The highest BCUT2D eigenvalue weighted by molar-refractivity contribution is 7.71. The molecule has 2 aromatic heterocycles. The van der Waals surface area contributed by atoms with Crippen LogP contribution in [-0.2, 0) is 7.05 Å². The third kappa shape index (κ3) is 1.86. The number of halogens is 1. The van der Waals surface area contributed by atoms with E-state index in [-0.39, 0.29) is 11.9 Å². The molecule has 0 fully saturated rings. The number of imidazole rings is 1. The second-order valence-electron chi connectivity index (χ2n) is 4.44. The molecule has 0 saturated heterocycles. The molecule has 1 aromatic carbocycles. The maximum absolute atomic E-state index is 13.2. The molecule has 0 radical (unpaired) electrons. The normalized spacial score (nSPS) is 13.0. The first kappa shape index (κ1) is 12.0. The molecule has 3 rings (SSSR count). The maximum atomic E-state index is 13.2. The van der Waals surface area contributed by atoms with Crippen LogP contribution in [0.2, 0.25) is 0 Å². The van der Waals surface area contributed by atoms with Crippen molar-refractivity contribution in [2.75, 3.05) is 0 Å². The molecular weight excluding hydrogens is 265 g/mol. The van der Waals surface area contributed by atoms with Gasteiger partial charge in [0, 0.05) is 7.05 Å². The summed E-state index contributed by atoms with van der Waals surface area (Å²) in [6.07, 6.45) is 1.64. The number of rotatable bonds is 2. The van der Waals surface area contributed by atoms with Gasteiger partial charge in [-0.15, -0.1) is 10.2 Å². The van der Waals surface area contributed by atoms with Gasteiger partial charge in [-0.05, 0) is 37.3 Å². The van der Waals surface area contributed by atoms with E-state index in [4.69, 9.17) is 12.2 Å². The van der Waals surface area contributed by atoms with Gasteiger partial charge in [0.25, 0.3) is 0 Å². The molecular formula is C12H12FN5S. The van der Waals surface area contributed by atoms with Gasteiger partial charge in [-0.2, -0.15) is 0 Å². The van der Waals surface area contributed by atoms with Crippen molar-refractivity contribution in [3.05, 3.63) is 40.9 Å². The molecule has 0 spiro atoms. The number of hydrogen-bond donors (Lipinski definition) is 1. The van der Waals surface area contributed by atoms with Crippen LogP contribution in [0.3, 0.4) is 0 Å². The largest absolute Gasteiger partial charge is 0.330 e. The molecule has 7 heteroatoms. The van der Waals surface area contributed by atoms with E-state index in [1.807, 2.05) is 23.1 Å². The van der Waals surface area contributed by atoms with Gasteiger partial charge >= 0.3 is 0 Å². The number of H-pyrrole nitrogens is 1. The van der Waals surface area contributed by atoms with E-state index in [0.717, 1.165) is 11.3 Å². The number of benzene rings is 1. The number of fused-ring (bicyclic) bond motifs is 1. The van der Waals surface area contributed by atoms with Crippen LogP contribution in [0, 0.1) is 10.6 Å². The average Bonchev–Trinajstić information content (AvgIpc) is 2.90. The molecule has 0 aliphatic carbocycles. The summed E-state index contributed by atoms with van der Waals surface area (Å²) >= 11 is 5.32. The van der Waals surface area contributed by atoms with Crippen molar-refractivity contribution in [1.82, 2.24) is 24.3 Å². The summed E-state index contributed by atoms with van der Waals surface area (Å²) < 4.78 is 17.5. The summed E-state index contributed by atoms with van der Waals surface area (Å²) in [7, 11) is 1.88. The zero-order chi connectivity index (χ0) is 13.6. The van der Waals surface area contributed by atoms with Crippen molar-refractivity contribution >= 4 is 23.3 Å². The standard InChI is InChI=1S/C12H12FN5S/c1-7(11-16-14-6-17(11)2)18-10-4-3-8(13)5-9(10)15-12(18)19/h3-7H,1-2H3,(H,15,19). The van der Waals surface area contributed by atoms with Gasteiger partial charge in [-0.25, -0.2) is 4.39 Å². The first-order chi connectivity index (χ1) is 9.08. The monoisotopic (exact) mass is 277 g/mol. The first-order valence-corrected chi connectivity index (χ1v) is 6.22. The van der Waals surface area contributed by atoms with Crippen LogP contribution in [0.25, 0.3) is 11.0 Å². The quantitative estimate of drug-likeness (QED) is 0.732. The van der Waals surface area contributed by atoms with Gasteiger partial charge in [0.2, 0.25) is 0 Å². The van der Waals surface area contributed by atoms with Crippen LogP contribution >= 0.6 is 12.2 Å². The summed E-state index contributed by atoms with van der Waals surface area (Å²) in [5.74, 6) is 0.503. The highest BCUT2D eigenvalue weighted by atomic mass is 32.1. The molecule has 1 N–H and O–H groups in total. The number of nitrogens with zero attached hydrogens (tertiary/aromatic N) is 4. The molecule has 0 amide bonds. The van der Waals surface area contributed by atoms with Crippen LogP contribution in [0.1, 0.15) is 18.8 Å². The fourth-order valence-electron chi connectivity index (χ4n) is 2.27. The van der Waals surface area contributed by atoms with Crippen LogP contribution in [-0.4, -0.2) is 24.3 Å². The fourth-order valence-corrected chi connectivity index (χ4v) is 2.64. The van der Waals surface area contributed by atoms with Gasteiger partial charge in [0.05, 0.1) is 17.1 Å². The van der Waals surface area contributed by atoms with Crippen LogP contribution in [0.15, 0.2) is 24.5 Å². The Bertz CT molecular complexity index is 800. The number of nitrogens with one attached hydrogen (secondary N) is 1. The summed E-state index contributed by atoms with van der Waals surface area (Å²) in [6, 6.07) is 4.49. The minimum atomic E-state index is -0.290. The molecule has 98 valence electrons. The van der Waals surface area contributed by atoms with Gasteiger partial charge < -0.3 is 14.1 Å². The number of hydrogen-bond acceptors (Lipinski definition) is 3. The van der Waals surface area contributed by atoms with Crippen LogP contribution < -0.4 is 0 Å². The Kier molecular flexibility index (Phi) is 2.70. The smallest absolute Gasteiger partial charge is 0.178 e. The van der Waals surface area contributed by atoms with Gasteiger partial charge in [-0.3, -0.25) is 0 Å². The summed E-state index contributed by atoms with van der Waals surface area (Å²) in [5, 5.41) is 7.97. The van der Waals surface area contributed by atoms with E-state index in [1.165, 1.54) is 12.1 Å². The third-order valence-corrected chi connectivity index (χ3v) is 3.48. The van der Waals surface area contributed by atoms with E-state index in [1.54, 1.807) is 12.4 Å². The molecule has 0 aliphatic rings. The van der Waals surface area contributed by atoms with Crippen molar-refractivity contribution in [1.29, 1.82) is 0 Å². The molecule has 3 aromatic rings. The molecule has 5 nitrogen and oxygen atoms in total. The second-order valence-corrected chi connectivity index (χ2v) is 4.82. The Morgan fingerprint density at radius 1 is 1.42 bits per heavy atom. The summed E-state index contributed by atoms with van der Waals surface area (Å²) in [5.41, 5.74) is 1.53. The molecule has 0 bridgehead atoms. The molecule has 1 atom stereocenters. The van der Waals surface area contributed by atoms with E-state index >= 15 is 0 Å². The minimum absolute atomic E-state index is 0.0841. The predicted octanol–water partition coefficient (Wildman–Crippen LogP) is 2.58. The number of aromatic nitrogens is 5. The molecule has 0 aliphatic heterocycles. The molecule has 1 unspecified atom stereocenters. The average molecular weight is 277 g/mol. The molecule has 0 saturated carbocycles. The van der Waals surface area contributed by atoms with Crippen molar-refractivity contribution in [3.63, 3.8) is 0 Å². The molecule has 2 heterocycles. The lowest BCUT2D eigenvalue weighted by Crippen LogP contribution is -2.12. The Balaban J connectivity index is 2.23. The zero-order valence-electron chi connectivity index (χ0n) is 10.5. The zero-order valence-corrected chi connectivity index (χ0v) is 11.3. The minimum Gasteiger partial charge on any atom is -0.330 e. The lowest BCUT2D eigenvalue weighted by molar-refractivity contribution is 0.581. The van der Waals surface area contributed by atoms with Crippen LogP contribution in [0.5, 0.6) is 0 Å². The second kappa shape index (κ2) is 4.27. The Morgan fingerprint density at radius 3 is 2.89 bits per heavy atom. The van der Waals surface area contributed by atoms with Crippen molar-refractivity contribution < 1.29 is 4.39 Å². The maximum Gasteiger partial charge on any atom is 0.178 e. The molecule has 19 heavy (non-hydrogen) atoms. The van der Waals surface area contributed by atoms with E-state index < -0.39 is 0 Å². The third-order valence-electron chi connectivity index (χ3n) is 3.19. The van der Waals surface area contributed by atoms with Crippen LogP contribution in [0.4, 0.5) is 4.39 Å². The van der Waals surface area contributed by atoms with Gasteiger partial charge in [0.15, 0.2) is 10.6 Å².